The molecule has 0 unspecified atom stereocenters. The SMILES string of the molecule is Cc1ccc(N)cc1NC(=O)c1cccc(S(=O)(=O)NCC2CC2)c1.Cl. The van der Waals surface area contributed by atoms with E-state index in [4.69, 9.17) is 5.73 Å². The lowest BCUT2D eigenvalue weighted by atomic mass is 10.1. The largest absolute Gasteiger partial charge is 0.399 e. The first kappa shape index (κ1) is 20.2. The second-order valence-corrected chi connectivity index (χ2v) is 8.12. The molecule has 8 heteroatoms. The van der Waals surface area contributed by atoms with Gasteiger partial charge in [-0.2, -0.15) is 0 Å². The zero-order valence-electron chi connectivity index (χ0n) is 14.4. The van der Waals surface area contributed by atoms with Crippen molar-refractivity contribution in [2.75, 3.05) is 17.6 Å². The van der Waals surface area contributed by atoms with Crippen molar-refractivity contribution in [1.29, 1.82) is 0 Å². The average Bonchev–Trinajstić information content (AvgIpc) is 3.41. The van der Waals surface area contributed by atoms with Gasteiger partial charge in [-0.3, -0.25) is 4.79 Å². The fourth-order valence-electron chi connectivity index (χ4n) is 2.41. The molecule has 4 N–H and O–H groups in total. The molecule has 3 rings (SSSR count). The molecule has 0 bridgehead atoms. The molecule has 0 aromatic heterocycles. The Morgan fingerprint density at radius 3 is 2.62 bits per heavy atom. The number of anilines is 2. The van der Waals surface area contributed by atoms with Crippen LogP contribution in [0, 0.1) is 12.8 Å². The van der Waals surface area contributed by atoms with E-state index >= 15 is 0 Å². The van der Waals surface area contributed by atoms with Crippen molar-refractivity contribution >= 4 is 39.7 Å². The van der Waals surface area contributed by atoms with Crippen LogP contribution in [0.4, 0.5) is 11.4 Å². The van der Waals surface area contributed by atoms with Crippen LogP contribution in [0.5, 0.6) is 0 Å². The Kier molecular flexibility index (Phi) is 6.28. The first-order chi connectivity index (χ1) is 11.8. The summed E-state index contributed by atoms with van der Waals surface area (Å²) >= 11 is 0. The standard InChI is InChI=1S/C18H21N3O3S.ClH/c1-12-5-8-15(19)10-17(12)21-18(22)14-3-2-4-16(9-14)25(23,24)20-11-13-6-7-13;/h2-5,8-10,13,20H,6-7,11,19H2,1H3,(H,21,22);1H. The maximum atomic E-state index is 12.5. The van der Waals surface area contributed by atoms with E-state index in [0.717, 1.165) is 18.4 Å². The Morgan fingerprint density at radius 1 is 1.19 bits per heavy atom. The molecule has 2 aromatic rings. The lowest BCUT2D eigenvalue weighted by molar-refractivity contribution is 0.102. The number of hydrogen-bond acceptors (Lipinski definition) is 4. The molecule has 140 valence electrons. The summed E-state index contributed by atoms with van der Waals surface area (Å²) in [5.41, 5.74) is 8.04. The predicted octanol–water partition coefficient (Wildman–Crippen LogP) is 2.94. The summed E-state index contributed by atoms with van der Waals surface area (Å²) in [7, 11) is -3.61. The number of nitrogens with one attached hydrogen (secondary N) is 2. The highest BCUT2D eigenvalue weighted by Crippen LogP contribution is 2.28. The zero-order valence-corrected chi connectivity index (χ0v) is 16.0. The number of carbonyl (C=O) groups is 1. The first-order valence-electron chi connectivity index (χ1n) is 8.12. The van der Waals surface area contributed by atoms with Crippen molar-refractivity contribution < 1.29 is 13.2 Å². The number of sulfonamides is 1. The van der Waals surface area contributed by atoms with E-state index in [2.05, 4.69) is 10.0 Å². The topological polar surface area (TPSA) is 101 Å². The van der Waals surface area contributed by atoms with Gasteiger partial charge in [-0.15, -0.1) is 12.4 Å². The van der Waals surface area contributed by atoms with Crippen LogP contribution in [-0.4, -0.2) is 20.9 Å². The van der Waals surface area contributed by atoms with Gasteiger partial charge < -0.3 is 11.1 Å². The summed E-state index contributed by atoms with van der Waals surface area (Å²) in [6.07, 6.45) is 2.12. The number of nitrogens with two attached hydrogens (primary N) is 1. The quantitative estimate of drug-likeness (QED) is 0.654. The number of amides is 1. The van der Waals surface area contributed by atoms with Gasteiger partial charge in [-0.25, -0.2) is 13.1 Å². The Morgan fingerprint density at radius 2 is 1.92 bits per heavy atom. The number of halogens is 1. The van der Waals surface area contributed by atoms with Crippen LogP contribution in [0.25, 0.3) is 0 Å². The van der Waals surface area contributed by atoms with E-state index in [-0.39, 0.29) is 28.8 Å². The lowest BCUT2D eigenvalue weighted by Gasteiger charge is -2.11. The molecule has 1 aliphatic rings. The van der Waals surface area contributed by atoms with E-state index in [1.807, 2.05) is 13.0 Å². The van der Waals surface area contributed by atoms with Crippen molar-refractivity contribution in [3.05, 3.63) is 53.6 Å². The second kappa shape index (κ2) is 8.07. The molecule has 0 spiro atoms. The van der Waals surface area contributed by atoms with Gasteiger partial charge in [0.05, 0.1) is 4.90 Å². The number of aryl methyl sites for hydroxylation is 1. The highest BCUT2D eigenvalue weighted by atomic mass is 35.5. The minimum atomic E-state index is -3.61. The van der Waals surface area contributed by atoms with Crippen LogP contribution in [0.2, 0.25) is 0 Å². The predicted molar refractivity (Wildman–Crippen MR) is 105 cm³/mol. The molecule has 1 aliphatic carbocycles. The fraction of sp³-hybridized carbons (Fsp3) is 0.278. The molecule has 0 atom stereocenters. The van der Waals surface area contributed by atoms with E-state index in [1.165, 1.54) is 12.1 Å². The highest BCUT2D eigenvalue weighted by Gasteiger charge is 2.24. The Labute approximate surface area is 159 Å². The van der Waals surface area contributed by atoms with Crippen LogP contribution < -0.4 is 15.8 Å². The number of hydrogen-bond donors (Lipinski definition) is 3. The monoisotopic (exact) mass is 395 g/mol. The maximum absolute atomic E-state index is 12.5. The third kappa shape index (κ3) is 4.97. The molecule has 6 nitrogen and oxygen atoms in total. The molecule has 0 heterocycles. The lowest BCUT2D eigenvalue weighted by Crippen LogP contribution is -2.26. The van der Waals surface area contributed by atoms with Gasteiger partial charge in [0, 0.05) is 23.5 Å². The van der Waals surface area contributed by atoms with Crippen molar-refractivity contribution in [1.82, 2.24) is 4.72 Å². The van der Waals surface area contributed by atoms with Gasteiger partial charge in [0.15, 0.2) is 0 Å². The number of benzene rings is 2. The highest BCUT2D eigenvalue weighted by molar-refractivity contribution is 7.89. The van der Waals surface area contributed by atoms with Crippen LogP contribution in [0.1, 0.15) is 28.8 Å². The third-order valence-corrected chi connectivity index (χ3v) is 5.60. The van der Waals surface area contributed by atoms with E-state index in [1.54, 1.807) is 24.3 Å². The van der Waals surface area contributed by atoms with Gasteiger partial charge in [0.2, 0.25) is 10.0 Å². The van der Waals surface area contributed by atoms with Gasteiger partial charge >= 0.3 is 0 Å². The smallest absolute Gasteiger partial charge is 0.255 e. The summed E-state index contributed by atoms with van der Waals surface area (Å²) in [6, 6.07) is 11.2. The summed E-state index contributed by atoms with van der Waals surface area (Å²) in [5.74, 6) is 0.0562. The molecule has 1 fully saturated rings. The van der Waals surface area contributed by atoms with E-state index in [0.29, 0.717) is 23.8 Å². The average molecular weight is 396 g/mol. The molecule has 0 radical (unpaired) electrons. The van der Waals surface area contributed by atoms with Crippen LogP contribution in [-0.2, 0) is 10.0 Å². The van der Waals surface area contributed by atoms with Crippen LogP contribution in [0.15, 0.2) is 47.4 Å². The van der Waals surface area contributed by atoms with Crippen molar-refractivity contribution in [2.24, 2.45) is 5.92 Å². The summed E-state index contributed by atoms with van der Waals surface area (Å²) in [6.45, 7) is 2.30. The molecule has 0 aliphatic heterocycles. The minimum Gasteiger partial charge on any atom is -0.399 e. The zero-order chi connectivity index (χ0) is 18.0. The van der Waals surface area contributed by atoms with E-state index < -0.39 is 10.0 Å². The normalized spacial score (nSPS) is 13.7. The Bertz CT molecular complexity index is 912. The molecule has 2 aromatic carbocycles. The second-order valence-electron chi connectivity index (χ2n) is 6.35. The summed E-state index contributed by atoms with van der Waals surface area (Å²) in [4.78, 5) is 12.6. The summed E-state index contributed by atoms with van der Waals surface area (Å²) < 4.78 is 27.3. The Balaban J connectivity index is 0.00000243. The van der Waals surface area contributed by atoms with Crippen LogP contribution in [0.3, 0.4) is 0 Å². The molecule has 26 heavy (non-hydrogen) atoms. The van der Waals surface area contributed by atoms with Gasteiger partial charge in [-0.05, 0) is 61.6 Å². The molecule has 1 amide bonds. The van der Waals surface area contributed by atoms with Crippen molar-refractivity contribution in [3.63, 3.8) is 0 Å². The van der Waals surface area contributed by atoms with Gasteiger partial charge in [0.25, 0.3) is 5.91 Å². The number of nitrogen functional groups attached to an aromatic ring is 1. The van der Waals surface area contributed by atoms with Crippen molar-refractivity contribution in [3.8, 4) is 0 Å². The molecular weight excluding hydrogens is 374 g/mol. The maximum Gasteiger partial charge on any atom is 0.255 e. The molecular formula is C18H22ClN3O3S. The van der Waals surface area contributed by atoms with Gasteiger partial charge in [-0.1, -0.05) is 12.1 Å². The third-order valence-electron chi connectivity index (χ3n) is 4.18. The van der Waals surface area contributed by atoms with Gasteiger partial charge in [0.1, 0.15) is 0 Å². The number of carbonyl (C=O) groups excluding carboxylic acids is 1. The number of rotatable bonds is 6. The van der Waals surface area contributed by atoms with E-state index in [9.17, 15) is 13.2 Å². The fourth-order valence-corrected chi connectivity index (χ4v) is 3.57. The summed E-state index contributed by atoms with van der Waals surface area (Å²) in [5, 5.41) is 2.77. The Hall–Kier alpha value is -2.09. The molecule has 1 saturated carbocycles. The van der Waals surface area contributed by atoms with Crippen LogP contribution >= 0.6 is 12.4 Å². The van der Waals surface area contributed by atoms with Crippen molar-refractivity contribution in [2.45, 2.75) is 24.7 Å². The minimum absolute atomic E-state index is 0. The molecule has 0 saturated heterocycles. The first-order valence-corrected chi connectivity index (χ1v) is 9.61.